The van der Waals surface area contributed by atoms with Crippen LogP contribution in [0.3, 0.4) is 0 Å². The van der Waals surface area contributed by atoms with Crippen molar-refractivity contribution in [3.05, 3.63) is 77.5 Å². The highest BCUT2D eigenvalue weighted by Crippen LogP contribution is 2.33. The van der Waals surface area contributed by atoms with Crippen molar-refractivity contribution < 1.29 is 28.9 Å². The molecule has 39 heavy (non-hydrogen) atoms. The van der Waals surface area contributed by atoms with E-state index in [9.17, 15) is 14.7 Å². The quantitative estimate of drug-likeness (QED) is 0.416. The Bertz CT molecular complexity index is 1300. The van der Waals surface area contributed by atoms with E-state index in [4.69, 9.17) is 19.9 Å². The number of benzene rings is 2. The Balaban J connectivity index is 1.46. The van der Waals surface area contributed by atoms with Crippen molar-refractivity contribution in [3.63, 3.8) is 0 Å². The zero-order valence-corrected chi connectivity index (χ0v) is 22.7. The van der Waals surface area contributed by atoms with E-state index in [-0.39, 0.29) is 25.2 Å². The van der Waals surface area contributed by atoms with E-state index >= 15 is 0 Å². The van der Waals surface area contributed by atoms with Gasteiger partial charge in [0.15, 0.2) is 0 Å². The number of nitrogen functional groups attached to an aromatic ring is 1. The summed E-state index contributed by atoms with van der Waals surface area (Å²) in [7, 11) is 1.36. The van der Waals surface area contributed by atoms with Gasteiger partial charge in [0.05, 0.1) is 31.9 Å². The number of fused-ring (bicyclic) bond motifs is 1. The second kappa shape index (κ2) is 11.7. The molecule has 0 fully saturated rings. The number of esters is 1. The summed E-state index contributed by atoms with van der Waals surface area (Å²) in [4.78, 5) is 30.3. The number of nitrogens with zero attached hydrogens (tertiary/aromatic N) is 2. The van der Waals surface area contributed by atoms with Crippen LogP contribution < -0.4 is 10.5 Å². The average Bonchev–Trinajstić information content (AvgIpc) is 2.91. The molecule has 3 aromatic rings. The Morgan fingerprint density at radius 1 is 1.13 bits per heavy atom. The number of aliphatic hydroxyl groups is 1. The first-order chi connectivity index (χ1) is 18.5. The van der Waals surface area contributed by atoms with Crippen LogP contribution in [0.1, 0.15) is 54.8 Å². The molecule has 0 saturated carbocycles. The van der Waals surface area contributed by atoms with Crippen molar-refractivity contribution in [1.82, 2.24) is 9.88 Å². The highest BCUT2D eigenvalue weighted by atomic mass is 16.6. The molecule has 2 aromatic carbocycles. The number of pyridine rings is 1. The van der Waals surface area contributed by atoms with Gasteiger partial charge in [0.2, 0.25) is 0 Å². The third kappa shape index (κ3) is 7.26. The Labute approximate surface area is 228 Å². The number of methoxy groups -OCH3 is 1. The minimum atomic E-state index is -0.963. The van der Waals surface area contributed by atoms with Gasteiger partial charge in [-0.2, -0.15) is 0 Å². The van der Waals surface area contributed by atoms with Crippen molar-refractivity contribution in [2.24, 2.45) is 0 Å². The number of carbonyl (C=O) groups is 2. The van der Waals surface area contributed by atoms with Crippen LogP contribution in [-0.4, -0.2) is 59.0 Å². The third-order valence-electron chi connectivity index (χ3n) is 6.39. The van der Waals surface area contributed by atoms with E-state index in [0.29, 0.717) is 23.4 Å². The van der Waals surface area contributed by atoms with E-state index in [1.807, 2.05) is 24.3 Å². The Kier molecular flexibility index (Phi) is 8.40. The standard InChI is InChI=1S/C30H35N3O6/c1-30(2,3)39-29(36)33(18-25(34)23-11-14-27(31)32-16-23)17-24-12-9-22-15-21(10-13-26(22)38-24)19-5-7-20(8-6-19)28(35)37-4/h5-8,10-11,13-16,24-25,34H,9,12,17-18H2,1-4H3,(H2,31,32)/t24-,25-/m1/s1. The summed E-state index contributed by atoms with van der Waals surface area (Å²) in [5, 5.41) is 10.8. The van der Waals surface area contributed by atoms with Gasteiger partial charge in [0.1, 0.15) is 23.3 Å². The number of aliphatic hydroxyl groups excluding tert-OH is 1. The molecule has 9 heteroatoms. The maximum Gasteiger partial charge on any atom is 0.410 e. The third-order valence-corrected chi connectivity index (χ3v) is 6.39. The average molecular weight is 534 g/mol. The van der Waals surface area contributed by atoms with Crippen LogP contribution in [0, 0.1) is 0 Å². The minimum Gasteiger partial charge on any atom is -0.488 e. The molecule has 0 radical (unpaired) electrons. The topological polar surface area (TPSA) is 124 Å². The van der Waals surface area contributed by atoms with E-state index in [1.165, 1.54) is 18.2 Å². The van der Waals surface area contributed by atoms with Gasteiger partial charge >= 0.3 is 12.1 Å². The number of anilines is 1. The number of carbonyl (C=O) groups excluding carboxylic acids is 2. The number of amides is 1. The van der Waals surface area contributed by atoms with Crippen molar-refractivity contribution in [3.8, 4) is 16.9 Å². The van der Waals surface area contributed by atoms with Crippen molar-refractivity contribution in [2.75, 3.05) is 25.9 Å². The Morgan fingerprint density at radius 3 is 2.49 bits per heavy atom. The zero-order valence-electron chi connectivity index (χ0n) is 22.7. The molecule has 1 aliphatic heterocycles. The monoisotopic (exact) mass is 533 g/mol. The van der Waals surface area contributed by atoms with Gasteiger partial charge in [0.25, 0.3) is 0 Å². The van der Waals surface area contributed by atoms with E-state index in [2.05, 4.69) is 11.1 Å². The second-order valence-corrected chi connectivity index (χ2v) is 10.6. The van der Waals surface area contributed by atoms with Gasteiger partial charge in [-0.15, -0.1) is 0 Å². The lowest BCUT2D eigenvalue weighted by atomic mass is 9.96. The van der Waals surface area contributed by atoms with Gasteiger partial charge in [-0.05, 0) is 80.6 Å². The van der Waals surface area contributed by atoms with Crippen LogP contribution in [0.25, 0.3) is 11.1 Å². The molecule has 0 bridgehead atoms. The SMILES string of the molecule is COC(=O)c1ccc(-c2ccc3c(c2)CC[C@H](CN(C[C@@H](O)c2ccc(N)nc2)C(=O)OC(C)(C)C)O3)cc1. The van der Waals surface area contributed by atoms with Gasteiger partial charge < -0.3 is 30.0 Å². The molecule has 0 saturated heterocycles. The minimum absolute atomic E-state index is 0.0216. The lowest BCUT2D eigenvalue weighted by molar-refractivity contribution is 0.00365. The summed E-state index contributed by atoms with van der Waals surface area (Å²) in [6.45, 7) is 5.68. The normalized spacial score (nSPS) is 15.5. The summed E-state index contributed by atoms with van der Waals surface area (Å²) in [5.41, 5.74) is 9.09. The molecule has 4 rings (SSSR count). The first-order valence-corrected chi connectivity index (χ1v) is 12.9. The van der Waals surface area contributed by atoms with Crippen LogP contribution in [0.15, 0.2) is 60.8 Å². The van der Waals surface area contributed by atoms with Gasteiger partial charge in [-0.3, -0.25) is 0 Å². The van der Waals surface area contributed by atoms with Gasteiger partial charge in [0, 0.05) is 11.8 Å². The summed E-state index contributed by atoms with van der Waals surface area (Å²) in [5.74, 6) is 0.740. The number of ether oxygens (including phenoxy) is 3. The smallest absolute Gasteiger partial charge is 0.410 e. The lowest BCUT2D eigenvalue weighted by Crippen LogP contribution is -2.45. The Hall–Kier alpha value is -4.11. The van der Waals surface area contributed by atoms with Crippen molar-refractivity contribution >= 4 is 17.9 Å². The summed E-state index contributed by atoms with van der Waals surface area (Å²) < 4.78 is 16.7. The van der Waals surface area contributed by atoms with E-state index in [0.717, 1.165) is 28.9 Å². The molecule has 9 nitrogen and oxygen atoms in total. The number of hydrogen-bond donors (Lipinski definition) is 2. The number of nitrogens with two attached hydrogens (primary N) is 1. The highest BCUT2D eigenvalue weighted by molar-refractivity contribution is 5.90. The first-order valence-electron chi connectivity index (χ1n) is 12.9. The van der Waals surface area contributed by atoms with Crippen LogP contribution in [0.2, 0.25) is 0 Å². The summed E-state index contributed by atoms with van der Waals surface area (Å²) >= 11 is 0. The molecule has 2 atom stereocenters. The van der Waals surface area contributed by atoms with Gasteiger partial charge in [-0.25, -0.2) is 14.6 Å². The molecule has 206 valence electrons. The largest absolute Gasteiger partial charge is 0.488 e. The number of aromatic nitrogens is 1. The summed E-state index contributed by atoms with van der Waals surface area (Å²) in [6.07, 6.45) is 1.20. The molecule has 0 spiro atoms. The van der Waals surface area contributed by atoms with Gasteiger partial charge in [-0.1, -0.05) is 24.3 Å². The van der Waals surface area contributed by atoms with Crippen molar-refractivity contribution in [2.45, 2.75) is 51.4 Å². The molecule has 2 heterocycles. The predicted molar refractivity (Wildman–Crippen MR) is 147 cm³/mol. The van der Waals surface area contributed by atoms with Crippen LogP contribution >= 0.6 is 0 Å². The summed E-state index contributed by atoms with van der Waals surface area (Å²) in [6, 6.07) is 16.5. The Morgan fingerprint density at radius 2 is 1.85 bits per heavy atom. The fourth-order valence-corrected chi connectivity index (χ4v) is 4.39. The van der Waals surface area contributed by atoms with Crippen LogP contribution in [-0.2, 0) is 15.9 Å². The lowest BCUT2D eigenvalue weighted by Gasteiger charge is -2.33. The van der Waals surface area contributed by atoms with Crippen molar-refractivity contribution in [1.29, 1.82) is 0 Å². The second-order valence-electron chi connectivity index (χ2n) is 10.6. The molecule has 1 amide bonds. The molecule has 3 N–H and O–H groups in total. The van der Waals surface area contributed by atoms with E-state index < -0.39 is 17.8 Å². The number of hydrogen-bond acceptors (Lipinski definition) is 8. The maximum absolute atomic E-state index is 13.1. The number of rotatable bonds is 7. The molecule has 1 aromatic heterocycles. The van der Waals surface area contributed by atoms with E-state index in [1.54, 1.807) is 45.0 Å². The fourth-order valence-electron chi connectivity index (χ4n) is 4.39. The highest BCUT2D eigenvalue weighted by Gasteiger charge is 2.29. The maximum atomic E-state index is 13.1. The molecular weight excluding hydrogens is 498 g/mol. The number of aryl methyl sites for hydroxylation is 1. The predicted octanol–water partition coefficient (Wildman–Crippen LogP) is 4.78. The fraction of sp³-hybridized carbons (Fsp3) is 0.367. The molecular formula is C30H35N3O6. The molecule has 0 unspecified atom stereocenters. The molecule has 0 aliphatic carbocycles. The van der Waals surface area contributed by atoms with Crippen LogP contribution in [0.4, 0.5) is 10.6 Å². The molecule has 1 aliphatic rings. The first kappa shape index (κ1) is 27.9. The van der Waals surface area contributed by atoms with Crippen LogP contribution in [0.5, 0.6) is 5.75 Å². The zero-order chi connectivity index (χ0) is 28.2.